The smallest absolute Gasteiger partial charge is 0.142 e. The molecule has 1 fully saturated rings. The number of aliphatic hydroxyl groups excluding tert-OH is 2. The molecule has 0 radical (unpaired) electrons. The van der Waals surface area contributed by atoms with Gasteiger partial charge in [0.15, 0.2) is 0 Å². The van der Waals surface area contributed by atoms with Crippen molar-refractivity contribution >= 4 is 6.29 Å². The average molecular weight is 187 g/mol. The second-order valence-electron chi connectivity index (χ2n) is 3.85. The largest absolute Gasteiger partial charge is 0.394 e. The Morgan fingerprint density at radius 3 is 2.54 bits per heavy atom. The van der Waals surface area contributed by atoms with Crippen LogP contribution < -0.4 is 5.73 Å². The molecule has 13 heavy (non-hydrogen) atoms. The molecular weight excluding hydrogens is 170 g/mol. The summed E-state index contributed by atoms with van der Waals surface area (Å²) in [6, 6.07) is 0. The highest BCUT2D eigenvalue weighted by molar-refractivity contribution is 5.64. The molecule has 0 amide bonds. The molecule has 0 aromatic carbocycles. The molecule has 3 atom stereocenters. The molecule has 0 saturated heterocycles. The zero-order valence-corrected chi connectivity index (χ0v) is 7.65. The van der Waals surface area contributed by atoms with Gasteiger partial charge in [0.1, 0.15) is 11.8 Å². The number of carbonyl (C=O) groups is 1. The Kier molecular flexibility index (Phi) is 3.41. The molecule has 4 N–H and O–H groups in total. The highest BCUT2D eigenvalue weighted by Gasteiger charge is 2.39. The van der Waals surface area contributed by atoms with Crippen LogP contribution in [0.2, 0.25) is 0 Å². The van der Waals surface area contributed by atoms with Gasteiger partial charge in [0.2, 0.25) is 0 Å². The normalized spacial score (nSPS) is 33.8. The lowest BCUT2D eigenvalue weighted by molar-refractivity contribution is -0.119. The third-order valence-electron chi connectivity index (χ3n) is 2.91. The van der Waals surface area contributed by atoms with Crippen molar-refractivity contribution in [1.82, 2.24) is 0 Å². The van der Waals surface area contributed by atoms with Gasteiger partial charge in [0.25, 0.3) is 0 Å². The van der Waals surface area contributed by atoms with Crippen molar-refractivity contribution in [2.75, 3.05) is 6.61 Å². The Hall–Kier alpha value is -0.450. The van der Waals surface area contributed by atoms with Crippen molar-refractivity contribution in [2.45, 2.75) is 37.3 Å². The van der Waals surface area contributed by atoms with Gasteiger partial charge >= 0.3 is 0 Å². The fraction of sp³-hybridized carbons (Fsp3) is 0.889. The molecule has 76 valence electrons. The van der Waals surface area contributed by atoms with Crippen molar-refractivity contribution in [2.24, 2.45) is 11.7 Å². The average Bonchev–Trinajstić information content (AvgIpc) is 2.17. The van der Waals surface area contributed by atoms with Gasteiger partial charge in [0.05, 0.1) is 12.7 Å². The first-order chi connectivity index (χ1) is 6.14. The Bertz CT molecular complexity index is 186. The molecule has 4 nitrogen and oxygen atoms in total. The summed E-state index contributed by atoms with van der Waals surface area (Å²) in [5.41, 5.74) is 4.43. The monoisotopic (exact) mass is 187 g/mol. The van der Waals surface area contributed by atoms with E-state index in [1.165, 1.54) is 0 Å². The molecule has 0 aliphatic heterocycles. The van der Waals surface area contributed by atoms with Gasteiger partial charge in [-0.15, -0.1) is 0 Å². The summed E-state index contributed by atoms with van der Waals surface area (Å²) in [6.07, 6.45) is 3.35. The molecular formula is C9H17NO3. The van der Waals surface area contributed by atoms with Crippen molar-refractivity contribution in [3.8, 4) is 0 Å². The van der Waals surface area contributed by atoms with Crippen LogP contribution in [-0.4, -0.2) is 34.7 Å². The number of aldehydes is 1. The topological polar surface area (TPSA) is 83.6 Å². The van der Waals surface area contributed by atoms with Crippen LogP contribution in [0.15, 0.2) is 0 Å². The second-order valence-corrected chi connectivity index (χ2v) is 3.85. The third kappa shape index (κ3) is 2.07. The van der Waals surface area contributed by atoms with Crippen LogP contribution in [0, 0.1) is 5.92 Å². The summed E-state index contributed by atoms with van der Waals surface area (Å²) in [4.78, 5) is 10.7. The van der Waals surface area contributed by atoms with E-state index in [-0.39, 0.29) is 5.92 Å². The second kappa shape index (κ2) is 4.17. The predicted molar refractivity (Wildman–Crippen MR) is 48.0 cm³/mol. The van der Waals surface area contributed by atoms with Gasteiger partial charge in [-0.25, -0.2) is 0 Å². The standard InChI is InChI=1S/C9H17NO3/c10-9(5-11,6-12)7-3-1-2-4-8(7)13/h5,7-8,12-13H,1-4,6,10H2/t7-,8-,9+/m1/s1. The van der Waals surface area contributed by atoms with Gasteiger partial charge in [0, 0.05) is 5.92 Å². The molecule has 1 saturated carbocycles. The summed E-state index contributed by atoms with van der Waals surface area (Å²) in [7, 11) is 0. The summed E-state index contributed by atoms with van der Waals surface area (Å²) in [5, 5.41) is 18.6. The molecule has 0 aromatic rings. The van der Waals surface area contributed by atoms with Crippen LogP contribution in [0.3, 0.4) is 0 Å². The highest BCUT2D eigenvalue weighted by atomic mass is 16.3. The van der Waals surface area contributed by atoms with E-state index >= 15 is 0 Å². The van der Waals surface area contributed by atoms with E-state index in [9.17, 15) is 9.90 Å². The molecule has 0 unspecified atom stereocenters. The maximum atomic E-state index is 10.7. The van der Waals surface area contributed by atoms with Gasteiger partial charge < -0.3 is 20.7 Å². The van der Waals surface area contributed by atoms with Crippen molar-refractivity contribution in [1.29, 1.82) is 0 Å². The molecule has 0 aromatic heterocycles. The van der Waals surface area contributed by atoms with E-state index in [2.05, 4.69) is 0 Å². The van der Waals surface area contributed by atoms with Gasteiger partial charge in [-0.05, 0) is 12.8 Å². The Balaban J connectivity index is 2.71. The first-order valence-electron chi connectivity index (χ1n) is 4.68. The fourth-order valence-corrected chi connectivity index (χ4v) is 1.98. The molecule has 1 aliphatic rings. The maximum Gasteiger partial charge on any atom is 0.142 e. The minimum absolute atomic E-state index is 0.288. The van der Waals surface area contributed by atoms with E-state index in [0.717, 1.165) is 19.3 Å². The van der Waals surface area contributed by atoms with Crippen LogP contribution in [-0.2, 0) is 4.79 Å². The Morgan fingerprint density at radius 1 is 1.46 bits per heavy atom. The van der Waals surface area contributed by atoms with Gasteiger partial charge in [-0.3, -0.25) is 0 Å². The molecule has 1 aliphatic carbocycles. The van der Waals surface area contributed by atoms with Crippen LogP contribution in [0.5, 0.6) is 0 Å². The first kappa shape index (κ1) is 10.6. The lowest BCUT2D eigenvalue weighted by Crippen LogP contribution is -2.56. The van der Waals surface area contributed by atoms with Crippen LogP contribution in [0.1, 0.15) is 25.7 Å². The molecule has 0 spiro atoms. The number of hydrogen-bond acceptors (Lipinski definition) is 4. The van der Waals surface area contributed by atoms with Gasteiger partial charge in [-0.1, -0.05) is 12.8 Å². The minimum atomic E-state index is -1.25. The Morgan fingerprint density at radius 2 is 2.08 bits per heavy atom. The van der Waals surface area contributed by atoms with E-state index in [0.29, 0.717) is 12.7 Å². The summed E-state index contributed by atoms with van der Waals surface area (Å²) < 4.78 is 0. The number of carbonyl (C=O) groups excluding carboxylic acids is 1. The van der Waals surface area contributed by atoms with E-state index in [1.807, 2.05) is 0 Å². The highest BCUT2D eigenvalue weighted by Crippen LogP contribution is 2.30. The third-order valence-corrected chi connectivity index (χ3v) is 2.91. The van der Waals surface area contributed by atoms with Crippen LogP contribution in [0.4, 0.5) is 0 Å². The van der Waals surface area contributed by atoms with E-state index in [1.54, 1.807) is 0 Å². The van der Waals surface area contributed by atoms with Crippen LogP contribution in [0.25, 0.3) is 0 Å². The van der Waals surface area contributed by atoms with E-state index in [4.69, 9.17) is 10.8 Å². The van der Waals surface area contributed by atoms with Gasteiger partial charge in [-0.2, -0.15) is 0 Å². The number of rotatable bonds is 3. The minimum Gasteiger partial charge on any atom is -0.394 e. The van der Waals surface area contributed by atoms with Crippen molar-refractivity contribution < 1.29 is 15.0 Å². The maximum absolute atomic E-state index is 10.7. The summed E-state index contributed by atoms with van der Waals surface area (Å²) in [6.45, 7) is -0.391. The quantitative estimate of drug-likeness (QED) is 0.516. The lowest BCUT2D eigenvalue weighted by Gasteiger charge is -2.37. The Labute approximate surface area is 77.7 Å². The predicted octanol–water partition coefficient (Wildman–Crippen LogP) is -0.574. The molecule has 0 heterocycles. The number of hydrogen-bond donors (Lipinski definition) is 3. The zero-order chi connectivity index (χ0) is 9.90. The SMILES string of the molecule is N[C@@](C=O)(CO)[C@@H]1CCCC[C@H]1O. The first-order valence-corrected chi connectivity index (χ1v) is 4.68. The van der Waals surface area contributed by atoms with Crippen LogP contribution >= 0.6 is 0 Å². The lowest BCUT2D eigenvalue weighted by atomic mass is 9.74. The number of nitrogens with two attached hydrogens (primary N) is 1. The van der Waals surface area contributed by atoms with Crippen molar-refractivity contribution in [3.05, 3.63) is 0 Å². The summed E-state index contributed by atoms with van der Waals surface area (Å²) >= 11 is 0. The number of aliphatic hydroxyl groups is 2. The molecule has 4 heteroatoms. The van der Waals surface area contributed by atoms with Crippen molar-refractivity contribution in [3.63, 3.8) is 0 Å². The van der Waals surface area contributed by atoms with E-state index < -0.39 is 18.2 Å². The summed E-state index contributed by atoms with van der Waals surface area (Å²) in [5.74, 6) is -0.288. The zero-order valence-electron chi connectivity index (χ0n) is 7.65. The molecule has 1 rings (SSSR count). The molecule has 0 bridgehead atoms. The fourth-order valence-electron chi connectivity index (χ4n) is 1.98.